The Morgan fingerprint density at radius 2 is 2.32 bits per heavy atom. The van der Waals surface area contributed by atoms with Gasteiger partial charge in [0.05, 0.1) is 24.7 Å². The van der Waals surface area contributed by atoms with Crippen LogP contribution < -0.4 is 10.1 Å². The van der Waals surface area contributed by atoms with Gasteiger partial charge < -0.3 is 10.1 Å². The van der Waals surface area contributed by atoms with Gasteiger partial charge in [-0.1, -0.05) is 0 Å². The van der Waals surface area contributed by atoms with Crippen molar-refractivity contribution in [3.8, 4) is 5.88 Å². The van der Waals surface area contributed by atoms with Crippen molar-refractivity contribution in [2.45, 2.75) is 20.4 Å². The molecule has 0 aromatic carbocycles. The molecule has 19 heavy (non-hydrogen) atoms. The molecule has 0 atom stereocenters. The van der Waals surface area contributed by atoms with Crippen LogP contribution in [0.2, 0.25) is 0 Å². The number of rotatable bonds is 4. The monoisotopic (exact) mass is 260 g/mol. The normalized spacial score (nSPS) is 10.3. The number of hydrogen-bond donors (Lipinski definition) is 1. The Morgan fingerprint density at radius 1 is 1.53 bits per heavy atom. The van der Waals surface area contributed by atoms with E-state index in [1.807, 2.05) is 18.5 Å². The molecule has 0 fully saturated rings. The average molecular weight is 260 g/mol. The molecule has 0 saturated heterocycles. The van der Waals surface area contributed by atoms with Crippen molar-refractivity contribution in [3.63, 3.8) is 0 Å². The summed E-state index contributed by atoms with van der Waals surface area (Å²) >= 11 is 0. The van der Waals surface area contributed by atoms with E-state index in [1.54, 1.807) is 18.3 Å². The van der Waals surface area contributed by atoms with Gasteiger partial charge >= 0.3 is 0 Å². The first-order valence-corrected chi connectivity index (χ1v) is 5.99. The van der Waals surface area contributed by atoms with Crippen molar-refractivity contribution >= 4 is 11.6 Å². The van der Waals surface area contributed by atoms with Gasteiger partial charge in [-0.15, -0.1) is 0 Å². The van der Waals surface area contributed by atoms with Crippen LogP contribution in [0.3, 0.4) is 0 Å². The Kier molecular flexibility index (Phi) is 3.79. The zero-order chi connectivity index (χ0) is 13.8. The van der Waals surface area contributed by atoms with Gasteiger partial charge in [-0.05, 0) is 19.9 Å². The van der Waals surface area contributed by atoms with E-state index in [9.17, 15) is 4.79 Å². The molecule has 0 spiro atoms. The van der Waals surface area contributed by atoms with E-state index in [-0.39, 0.29) is 5.91 Å². The van der Waals surface area contributed by atoms with Gasteiger partial charge in [-0.25, -0.2) is 4.98 Å². The fourth-order valence-corrected chi connectivity index (χ4v) is 1.74. The summed E-state index contributed by atoms with van der Waals surface area (Å²) in [5, 5.41) is 7.01. The van der Waals surface area contributed by atoms with Crippen LogP contribution in [0.5, 0.6) is 5.88 Å². The summed E-state index contributed by atoms with van der Waals surface area (Å²) in [7, 11) is 1.51. The van der Waals surface area contributed by atoms with Gasteiger partial charge in [-0.2, -0.15) is 5.10 Å². The van der Waals surface area contributed by atoms with Gasteiger partial charge in [0.2, 0.25) is 5.88 Å². The third-order valence-corrected chi connectivity index (χ3v) is 2.86. The lowest BCUT2D eigenvalue weighted by atomic mass is 10.2. The summed E-state index contributed by atoms with van der Waals surface area (Å²) < 4.78 is 6.82. The number of aryl methyl sites for hydroxylation is 1. The molecule has 0 aliphatic heterocycles. The zero-order valence-electron chi connectivity index (χ0n) is 11.2. The number of nitrogens with zero attached hydrogens (tertiary/aromatic N) is 3. The quantitative estimate of drug-likeness (QED) is 0.911. The number of hydrogen-bond acceptors (Lipinski definition) is 4. The molecule has 0 unspecified atom stereocenters. The summed E-state index contributed by atoms with van der Waals surface area (Å²) in [4.78, 5) is 16.1. The summed E-state index contributed by atoms with van der Waals surface area (Å²) in [5.74, 6) is 0.202. The standard InChI is InChI=1S/C13H16N4O2/c1-4-17-9(2)11(8-15-17)16-13(18)10-5-6-14-12(7-10)19-3/h5-8H,4H2,1-3H3,(H,16,18). The number of carbonyl (C=O) groups excluding carboxylic acids is 1. The van der Waals surface area contributed by atoms with Crippen molar-refractivity contribution in [2.75, 3.05) is 12.4 Å². The largest absolute Gasteiger partial charge is 0.481 e. The fourth-order valence-electron chi connectivity index (χ4n) is 1.74. The molecule has 100 valence electrons. The second-order valence-corrected chi connectivity index (χ2v) is 4.00. The van der Waals surface area contributed by atoms with Gasteiger partial charge in [-0.3, -0.25) is 9.48 Å². The number of aromatic nitrogens is 3. The molecular weight excluding hydrogens is 244 g/mol. The van der Waals surface area contributed by atoms with Crippen molar-refractivity contribution in [2.24, 2.45) is 0 Å². The molecule has 2 heterocycles. The number of methoxy groups -OCH3 is 1. The molecule has 2 aromatic heterocycles. The molecule has 0 bridgehead atoms. The molecule has 0 saturated carbocycles. The van der Waals surface area contributed by atoms with Crippen LogP contribution in [-0.4, -0.2) is 27.8 Å². The minimum atomic E-state index is -0.209. The van der Waals surface area contributed by atoms with Crippen molar-refractivity contribution in [1.29, 1.82) is 0 Å². The van der Waals surface area contributed by atoms with E-state index in [0.717, 1.165) is 12.2 Å². The Balaban J connectivity index is 2.18. The van der Waals surface area contributed by atoms with Gasteiger partial charge in [0.1, 0.15) is 0 Å². The maximum absolute atomic E-state index is 12.1. The molecule has 6 nitrogen and oxygen atoms in total. The van der Waals surface area contributed by atoms with Crippen molar-refractivity contribution in [3.05, 3.63) is 35.8 Å². The van der Waals surface area contributed by atoms with E-state index >= 15 is 0 Å². The predicted octanol–water partition coefficient (Wildman–Crippen LogP) is 1.87. The second kappa shape index (κ2) is 5.51. The number of amides is 1. The van der Waals surface area contributed by atoms with E-state index in [0.29, 0.717) is 17.1 Å². The second-order valence-electron chi connectivity index (χ2n) is 4.00. The minimum Gasteiger partial charge on any atom is -0.481 e. The highest BCUT2D eigenvalue weighted by Crippen LogP contribution is 2.16. The first kappa shape index (κ1) is 13.1. The molecule has 1 N–H and O–H groups in total. The summed E-state index contributed by atoms with van der Waals surface area (Å²) in [5.41, 5.74) is 2.13. The first-order valence-electron chi connectivity index (χ1n) is 5.99. The minimum absolute atomic E-state index is 0.209. The number of pyridine rings is 1. The van der Waals surface area contributed by atoms with Gasteiger partial charge in [0, 0.05) is 24.4 Å². The summed E-state index contributed by atoms with van der Waals surface area (Å²) in [6, 6.07) is 3.23. The van der Waals surface area contributed by atoms with Gasteiger partial charge in [0.15, 0.2) is 0 Å². The lowest BCUT2D eigenvalue weighted by molar-refractivity contribution is 0.102. The molecule has 1 amide bonds. The highest BCUT2D eigenvalue weighted by Gasteiger charge is 2.11. The topological polar surface area (TPSA) is 69.0 Å². The first-order chi connectivity index (χ1) is 9.15. The summed E-state index contributed by atoms with van der Waals surface area (Å²) in [6.45, 7) is 4.68. The number of ether oxygens (including phenoxy) is 1. The molecule has 0 radical (unpaired) electrons. The predicted molar refractivity (Wildman–Crippen MR) is 71.4 cm³/mol. The van der Waals surface area contributed by atoms with Crippen LogP contribution in [0, 0.1) is 6.92 Å². The van der Waals surface area contributed by atoms with Crippen LogP contribution in [0.25, 0.3) is 0 Å². The molecule has 0 aliphatic carbocycles. The Bertz CT molecular complexity index is 592. The zero-order valence-corrected chi connectivity index (χ0v) is 11.2. The van der Waals surface area contributed by atoms with Crippen molar-refractivity contribution < 1.29 is 9.53 Å². The number of carbonyl (C=O) groups is 1. The highest BCUT2D eigenvalue weighted by atomic mass is 16.5. The van der Waals surface area contributed by atoms with Gasteiger partial charge in [0.25, 0.3) is 5.91 Å². The van der Waals surface area contributed by atoms with E-state index in [1.165, 1.54) is 13.3 Å². The van der Waals surface area contributed by atoms with Crippen LogP contribution in [-0.2, 0) is 6.54 Å². The average Bonchev–Trinajstić information content (AvgIpc) is 2.79. The molecular formula is C13H16N4O2. The fraction of sp³-hybridized carbons (Fsp3) is 0.308. The lowest BCUT2D eigenvalue weighted by Crippen LogP contribution is -2.13. The smallest absolute Gasteiger partial charge is 0.256 e. The Morgan fingerprint density at radius 3 is 2.95 bits per heavy atom. The van der Waals surface area contributed by atoms with E-state index < -0.39 is 0 Å². The Labute approximate surface area is 111 Å². The highest BCUT2D eigenvalue weighted by molar-refractivity contribution is 6.04. The van der Waals surface area contributed by atoms with Crippen LogP contribution in [0.4, 0.5) is 5.69 Å². The van der Waals surface area contributed by atoms with Crippen LogP contribution in [0.1, 0.15) is 23.0 Å². The maximum atomic E-state index is 12.1. The lowest BCUT2D eigenvalue weighted by Gasteiger charge is -2.06. The SMILES string of the molecule is CCn1ncc(NC(=O)c2ccnc(OC)c2)c1C. The molecule has 6 heteroatoms. The molecule has 2 rings (SSSR count). The van der Waals surface area contributed by atoms with Crippen molar-refractivity contribution in [1.82, 2.24) is 14.8 Å². The maximum Gasteiger partial charge on any atom is 0.256 e. The third-order valence-electron chi connectivity index (χ3n) is 2.86. The van der Waals surface area contributed by atoms with E-state index in [2.05, 4.69) is 15.4 Å². The number of nitrogens with one attached hydrogen (secondary N) is 1. The molecule has 2 aromatic rings. The Hall–Kier alpha value is -2.37. The van der Waals surface area contributed by atoms with Crippen LogP contribution >= 0.6 is 0 Å². The molecule has 0 aliphatic rings. The third kappa shape index (κ3) is 2.73. The van der Waals surface area contributed by atoms with E-state index in [4.69, 9.17) is 4.74 Å². The summed E-state index contributed by atoms with van der Waals surface area (Å²) in [6.07, 6.45) is 3.19. The number of anilines is 1. The van der Waals surface area contributed by atoms with Crippen LogP contribution in [0.15, 0.2) is 24.5 Å².